The number of methoxy groups -OCH3 is 1. The van der Waals surface area contributed by atoms with Gasteiger partial charge >= 0.3 is 0 Å². The molecule has 0 heterocycles. The lowest BCUT2D eigenvalue weighted by atomic mass is 10.3. The molecule has 118 valence electrons. The van der Waals surface area contributed by atoms with Crippen LogP contribution in [0.5, 0.6) is 0 Å². The molecule has 0 aromatic rings. The fraction of sp³-hybridized carbons (Fsp3) is 0.857. The summed E-state index contributed by atoms with van der Waals surface area (Å²) in [5.74, 6) is -0.528. The van der Waals surface area contributed by atoms with E-state index in [2.05, 4.69) is 10.6 Å². The minimum absolute atomic E-state index is 0.108. The molecule has 19 heavy (non-hydrogen) atoms. The Morgan fingerprint density at radius 2 is 1.42 bits per heavy atom. The van der Waals surface area contributed by atoms with Gasteiger partial charge in [0.05, 0.1) is 0 Å². The van der Waals surface area contributed by atoms with Crippen LogP contribution in [0.3, 0.4) is 0 Å². The zero-order chi connectivity index (χ0) is 16.1. The average molecular weight is 278 g/mol. The molecule has 0 radical (unpaired) electrons. The molecule has 5 nitrogen and oxygen atoms in total. The molecule has 0 saturated heterocycles. The highest BCUT2D eigenvalue weighted by molar-refractivity contribution is 5.96. The Hall–Kier alpha value is -1.10. The maximum atomic E-state index is 11.0. The fourth-order valence-electron chi connectivity index (χ4n) is 0.741. The highest BCUT2D eigenvalue weighted by Gasteiger charge is 2.05. The molecule has 0 aromatic carbocycles. The van der Waals surface area contributed by atoms with Gasteiger partial charge in [-0.3, -0.25) is 9.59 Å². The summed E-state index contributed by atoms with van der Waals surface area (Å²) in [5, 5.41) is 4.98. The van der Waals surface area contributed by atoms with Crippen LogP contribution in [0, 0.1) is 0 Å². The van der Waals surface area contributed by atoms with E-state index in [4.69, 9.17) is 4.74 Å². The van der Waals surface area contributed by atoms with Crippen molar-refractivity contribution in [3.8, 4) is 0 Å². The van der Waals surface area contributed by atoms with Crippen molar-refractivity contribution in [2.24, 2.45) is 0 Å². The lowest BCUT2D eigenvalue weighted by Gasteiger charge is -2.03. The predicted octanol–water partition coefficient (Wildman–Crippen LogP) is 2.35. The molecule has 0 atom stereocenters. The first-order valence-electron chi connectivity index (χ1n) is 7.17. The zero-order valence-electron chi connectivity index (χ0n) is 14.1. The Kier molecular flexibility index (Phi) is 42.0. The molecule has 0 fully saturated rings. The van der Waals surface area contributed by atoms with E-state index < -0.39 is 0 Å². The van der Waals surface area contributed by atoms with Gasteiger partial charge in [0.25, 0.3) is 0 Å². The van der Waals surface area contributed by atoms with E-state index >= 15 is 0 Å². The SMILES string of the molecule is CC.CC.CC.CNC(=O)CC(=O)NCCCOC. The van der Waals surface area contributed by atoms with Gasteiger partial charge in [-0.2, -0.15) is 0 Å². The van der Waals surface area contributed by atoms with Crippen molar-refractivity contribution in [2.75, 3.05) is 27.3 Å². The van der Waals surface area contributed by atoms with Crippen LogP contribution in [0.4, 0.5) is 0 Å². The van der Waals surface area contributed by atoms with E-state index in [0.717, 1.165) is 6.42 Å². The molecule has 0 rings (SSSR count). The smallest absolute Gasteiger partial charge is 0.229 e. The molecular weight excluding hydrogens is 244 g/mol. The maximum Gasteiger partial charge on any atom is 0.229 e. The highest BCUT2D eigenvalue weighted by Crippen LogP contribution is 1.81. The summed E-state index contributed by atoms with van der Waals surface area (Å²) in [6.07, 6.45) is 0.652. The number of rotatable bonds is 6. The van der Waals surface area contributed by atoms with Crippen LogP contribution in [0.25, 0.3) is 0 Å². The summed E-state index contributed by atoms with van der Waals surface area (Å²) in [4.78, 5) is 21.7. The van der Waals surface area contributed by atoms with Crippen molar-refractivity contribution in [1.29, 1.82) is 0 Å². The van der Waals surface area contributed by atoms with Crippen LogP contribution in [0.2, 0.25) is 0 Å². The van der Waals surface area contributed by atoms with Crippen molar-refractivity contribution in [1.82, 2.24) is 10.6 Å². The molecule has 0 aromatic heterocycles. The first-order valence-corrected chi connectivity index (χ1v) is 7.17. The van der Waals surface area contributed by atoms with E-state index in [1.54, 1.807) is 7.11 Å². The second kappa shape index (κ2) is 30.2. The Bertz CT molecular complexity index is 174. The molecule has 0 aliphatic carbocycles. The third-order valence-electron chi connectivity index (χ3n) is 1.45. The summed E-state index contributed by atoms with van der Waals surface area (Å²) in [5.41, 5.74) is 0. The summed E-state index contributed by atoms with van der Waals surface area (Å²) in [7, 11) is 3.10. The molecule has 2 N–H and O–H groups in total. The number of hydrogen-bond donors (Lipinski definition) is 2. The monoisotopic (exact) mass is 278 g/mol. The van der Waals surface area contributed by atoms with E-state index in [9.17, 15) is 9.59 Å². The van der Waals surface area contributed by atoms with E-state index in [1.165, 1.54) is 7.05 Å². The third-order valence-corrected chi connectivity index (χ3v) is 1.45. The second-order valence-electron chi connectivity index (χ2n) is 2.55. The van der Waals surface area contributed by atoms with Crippen LogP contribution in [0.1, 0.15) is 54.4 Å². The highest BCUT2D eigenvalue weighted by atomic mass is 16.5. The first kappa shape index (κ1) is 26.5. The molecule has 2 amide bonds. The molecule has 5 heteroatoms. The Balaban J connectivity index is -0.000000163. The Morgan fingerprint density at radius 3 is 1.79 bits per heavy atom. The predicted molar refractivity (Wildman–Crippen MR) is 82.2 cm³/mol. The van der Waals surface area contributed by atoms with Gasteiger partial charge in [-0.15, -0.1) is 0 Å². The lowest BCUT2D eigenvalue weighted by Crippen LogP contribution is -2.31. The van der Waals surface area contributed by atoms with Crippen LogP contribution >= 0.6 is 0 Å². The summed E-state index contributed by atoms with van der Waals surface area (Å²) in [6, 6.07) is 0. The van der Waals surface area contributed by atoms with Gasteiger partial charge in [0.1, 0.15) is 6.42 Å². The minimum Gasteiger partial charge on any atom is -0.385 e. The van der Waals surface area contributed by atoms with Crippen LogP contribution in [-0.2, 0) is 14.3 Å². The van der Waals surface area contributed by atoms with E-state index in [1.807, 2.05) is 41.5 Å². The largest absolute Gasteiger partial charge is 0.385 e. The molecule has 0 aliphatic heterocycles. The van der Waals surface area contributed by atoms with Crippen molar-refractivity contribution in [3.63, 3.8) is 0 Å². The molecule has 0 bridgehead atoms. The van der Waals surface area contributed by atoms with E-state index in [0.29, 0.717) is 13.2 Å². The van der Waals surface area contributed by atoms with Crippen molar-refractivity contribution in [3.05, 3.63) is 0 Å². The lowest BCUT2D eigenvalue weighted by molar-refractivity contribution is -0.129. The Morgan fingerprint density at radius 1 is 0.947 bits per heavy atom. The quantitative estimate of drug-likeness (QED) is 0.579. The molecular formula is C14H34N2O3. The third kappa shape index (κ3) is 31.6. The summed E-state index contributed by atoms with van der Waals surface area (Å²) < 4.78 is 4.80. The van der Waals surface area contributed by atoms with Crippen molar-refractivity contribution < 1.29 is 14.3 Å². The van der Waals surface area contributed by atoms with Crippen molar-refractivity contribution >= 4 is 11.8 Å². The number of amides is 2. The standard InChI is InChI=1S/C8H16N2O3.3C2H6/c1-9-7(11)6-8(12)10-4-3-5-13-2;3*1-2/h3-6H2,1-2H3,(H,9,11)(H,10,12);3*1-2H3. The summed E-state index contributed by atoms with van der Waals surface area (Å²) in [6.45, 7) is 13.2. The second-order valence-corrected chi connectivity index (χ2v) is 2.55. The van der Waals surface area contributed by atoms with Gasteiger partial charge in [0, 0.05) is 27.3 Å². The number of ether oxygens (including phenoxy) is 1. The number of carbonyl (C=O) groups is 2. The van der Waals surface area contributed by atoms with Crippen LogP contribution in [0.15, 0.2) is 0 Å². The summed E-state index contributed by atoms with van der Waals surface area (Å²) >= 11 is 0. The van der Waals surface area contributed by atoms with Gasteiger partial charge in [0.2, 0.25) is 11.8 Å². The van der Waals surface area contributed by atoms with E-state index in [-0.39, 0.29) is 18.2 Å². The zero-order valence-corrected chi connectivity index (χ0v) is 14.1. The van der Waals surface area contributed by atoms with Gasteiger partial charge < -0.3 is 15.4 Å². The number of hydrogen-bond acceptors (Lipinski definition) is 3. The number of nitrogens with one attached hydrogen (secondary N) is 2. The Labute approximate surface area is 119 Å². The normalized spacial score (nSPS) is 7.37. The average Bonchev–Trinajstić information content (AvgIpc) is 2.49. The maximum absolute atomic E-state index is 11.0. The topological polar surface area (TPSA) is 67.4 Å². The van der Waals surface area contributed by atoms with Gasteiger partial charge in [0.15, 0.2) is 0 Å². The van der Waals surface area contributed by atoms with Crippen molar-refractivity contribution in [2.45, 2.75) is 54.4 Å². The first-order chi connectivity index (χ1) is 9.20. The minimum atomic E-state index is -0.274. The van der Waals surface area contributed by atoms with Gasteiger partial charge in [-0.25, -0.2) is 0 Å². The molecule has 0 aliphatic rings. The van der Waals surface area contributed by atoms with Gasteiger partial charge in [-0.05, 0) is 6.42 Å². The van der Waals surface area contributed by atoms with Crippen LogP contribution in [-0.4, -0.2) is 39.1 Å². The van der Waals surface area contributed by atoms with Gasteiger partial charge in [-0.1, -0.05) is 41.5 Å². The fourth-order valence-corrected chi connectivity index (χ4v) is 0.741. The van der Waals surface area contributed by atoms with Crippen LogP contribution < -0.4 is 10.6 Å². The molecule has 0 saturated carbocycles. The number of carbonyl (C=O) groups excluding carboxylic acids is 2. The molecule has 0 spiro atoms. The molecule has 0 unspecified atom stereocenters.